The third-order valence-electron chi connectivity index (χ3n) is 3.90. The van der Waals surface area contributed by atoms with Crippen LogP contribution in [-0.2, 0) is 0 Å². The maximum atomic E-state index is 12.9. The van der Waals surface area contributed by atoms with Crippen molar-refractivity contribution in [2.24, 2.45) is 5.41 Å². The van der Waals surface area contributed by atoms with E-state index in [0.717, 1.165) is 6.42 Å². The molecule has 1 fully saturated rings. The maximum absolute atomic E-state index is 12.9. The topological polar surface area (TPSA) is 66.0 Å². The SMILES string of the molecule is CC1(C)CC1c1nc(O)c(-c2ccc(F)cc2)c(=O)[nH]1. The van der Waals surface area contributed by atoms with Gasteiger partial charge < -0.3 is 10.1 Å². The van der Waals surface area contributed by atoms with Crippen molar-refractivity contribution in [2.45, 2.75) is 26.2 Å². The number of rotatable bonds is 2. The second-order valence-corrected chi connectivity index (χ2v) is 5.90. The first kappa shape index (κ1) is 12.8. The predicted octanol–water partition coefficient (Wildman–Crippen LogP) is 2.80. The Bertz CT molecular complexity index is 720. The Morgan fingerprint density at radius 3 is 2.45 bits per heavy atom. The maximum Gasteiger partial charge on any atom is 0.262 e. The molecule has 1 aliphatic carbocycles. The molecule has 2 N–H and O–H groups in total. The number of aromatic hydroxyl groups is 1. The molecule has 0 saturated heterocycles. The molecule has 0 aliphatic heterocycles. The van der Waals surface area contributed by atoms with Crippen LogP contribution < -0.4 is 5.56 Å². The van der Waals surface area contributed by atoms with Crippen molar-refractivity contribution in [1.82, 2.24) is 9.97 Å². The first-order valence-corrected chi connectivity index (χ1v) is 6.47. The summed E-state index contributed by atoms with van der Waals surface area (Å²) in [6, 6.07) is 5.38. The van der Waals surface area contributed by atoms with Gasteiger partial charge in [0, 0.05) is 5.92 Å². The molecule has 1 aromatic heterocycles. The molecule has 1 atom stereocenters. The third-order valence-corrected chi connectivity index (χ3v) is 3.90. The summed E-state index contributed by atoms with van der Waals surface area (Å²) in [6.45, 7) is 4.17. The van der Waals surface area contributed by atoms with Crippen LogP contribution in [0, 0.1) is 11.2 Å². The van der Waals surface area contributed by atoms with E-state index in [2.05, 4.69) is 23.8 Å². The summed E-state index contributed by atoms with van der Waals surface area (Å²) in [4.78, 5) is 19.0. The second-order valence-electron chi connectivity index (χ2n) is 5.90. The number of aromatic amines is 1. The van der Waals surface area contributed by atoms with Crippen molar-refractivity contribution >= 4 is 0 Å². The fraction of sp³-hybridized carbons (Fsp3) is 0.333. The largest absolute Gasteiger partial charge is 0.493 e. The highest BCUT2D eigenvalue weighted by Gasteiger charge is 2.48. The van der Waals surface area contributed by atoms with E-state index in [0.29, 0.717) is 11.4 Å². The Labute approximate surface area is 115 Å². The van der Waals surface area contributed by atoms with Gasteiger partial charge in [0.15, 0.2) is 0 Å². The molecule has 0 amide bonds. The molecule has 0 spiro atoms. The van der Waals surface area contributed by atoms with Gasteiger partial charge in [-0.15, -0.1) is 0 Å². The molecule has 3 rings (SSSR count). The molecule has 1 aromatic carbocycles. The zero-order chi connectivity index (χ0) is 14.5. The van der Waals surface area contributed by atoms with Gasteiger partial charge in [0.05, 0.1) is 0 Å². The Morgan fingerprint density at radius 2 is 1.95 bits per heavy atom. The molecule has 4 nitrogen and oxygen atoms in total. The summed E-state index contributed by atoms with van der Waals surface area (Å²) in [6.07, 6.45) is 0.936. The second kappa shape index (κ2) is 4.16. The van der Waals surface area contributed by atoms with Crippen LogP contribution >= 0.6 is 0 Å². The lowest BCUT2D eigenvalue weighted by Gasteiger charge is -2.07. The van der Waals surface area contributed by atoms with Gasteiger partial charge in [-0.3, -0.25) is 4.79 Å². The normalized spacial score (nSPS) is 19.9. The zero-order valence-electron chi connectivity index (χ0n) is 11.3. The van der Waals surface area contributed by atoms with E-state index in [4.69, 9.17) is 0 Å². The van der Waals surface area contributed by atoms with Gasteiger partial charge >= 0.3 is 0 Å². The number of H-pyrrole nitrogens is 1. The molecule has 1 heterocycles. The number of halogens is 1. The molecule has 2 aromatic rings. The molecule has 0 radical (unpaired) electrons. The van der Waals surface area contributed by atoms with Crippen LogP contribution in [0.5, 0.6) is 5.88 Å². The van der Waals surface area contributed by atoms with E-state index in [9.17, 15) is 14.3 Å². The van der Waals surface area contributed by atoms with Crippen molar-refractivity contribution in [2.75, 3.05) is 0 Å². The monoisotopic (exact) mass is 274 g/mol. The molecule has 1 aliphatic rings. The summed E-state index contributed by atoms with van der Waals surface area (Å²) in [7, 11) is 0. The van der Waals surface area contributed by atoms with E-state index >= 15 is 0 Å². The molecular weight excluding hydrogens is 259 g/mol. The summed E-state index contributed by atoms with van der Waals surface area (Å²) in [5.41, 5.74) is 0.230. The molecule has 0 bridgehead atoms. The Balaban J connectivity index is 2.06. The van der Waals surface area contributed by atoms with Crippen LogP contribution in [0.25, 0.3) is 11.1 Å². The van der Waals surface area contributed by atoms with E-state index in [-0.39, 0.29) is 22.8 Å². The minimum Gasteiger partial charge on any atom is -0.493 e. The Kier molecular flexibility index (Phi) is 2.67. The van der Waals surface area contributed by atoms with Crippen LogP contribution in [0.15, 0.2) is 29.1 Å². The van der Waals surface area contributed by atoms with Crippen molar-refractivity contribution in [3.05, 3.63) is 46.3 Å². The van der Waals surface area contributed by atoms with Crippen molar-refractivity contribution in [3.8, 4) is 17.0 Å². The van der Waals surface area contributed by atoms with Gasteiger partial charge in [0.2, 0.25) is 5.88 Å². The van der Waals surface area contributed by atoms with Crippen molar-refractivity contribution in [3.63, 3.8) is 0 Å². The first-order chi connectivity index (χ1) is 9.38. The van der Waals surface area contributed by atoms with Crippen molar-refractivity contribution in [1.29, 1.82) is 0 Å². The minimum absolute atomic E-state index is 0.0761. The van der Waals surface area contributed by atoms with Crippen LogP contribution in [-0.4, -0.2) is 15.1 Å². The number of nitrogens with zero attached hydrogens (tertiary/aromatic N) is 1. The highest BCUT2D eigenvalue weighted by Crippen LogP contribution is 2.57. The van der Waals surface area contributed by atoms with E-state index in [1.54, 1.807) is 0 Å². The lowest BCUT2D eigenvalue weighted by molar-refractivity contribution is 0.448. The average Bonchev–Trinajstić information content (AvgIpc) is 3.00. The lowest BCUT2D eigenvalue weighted by Crippen LogP contribution is -2.14. The van der Waals surface area contributed by atoms with E-state index < -0.39 is 11.4 Å². The van der Waals surface area contributed by atoms with E-state index in [1.807, 2.05) is 0 Å². The number of aromatic nitrogens is 2. The van der Waals surface area contributed by atoms with Crippen LogP contribution in [0.3, 0.4) is 0 Å². The van der Waals surface area contributed by atoms with Gasteiger partial charge in [-0.05, 0) is 29.5 Å². The fourth-order valence-corrected chi connectivity index (χ4v) is 2.45. The molecular formula is C15H15FN2O2. The van der Waals surface area contributed by atoms with Crippen LogP contribution in [0.4, 0.5) is 4.39 Å². The highest BCUT2D eigenvalue weighted by atomic mass is 19.1. The lowest BCUT2D eigenvalue weighted by atomic mass is 10.1. The molecule has 1 unspecified atom stereocenters. The van der Waals surface area contributed by atoms with E-state index in [1.165, 1.54) is 24.3 Å². The van der Waals surface area contributed by atoms with Gasteiger partial charge in [-0.2, -0.15) is 4.98 Å². The minimum atomic E-state index is -0.401. The Hall–Kier alpha value is -2.17. The smallest absolute Gasteiger partial charge is 0.262 e. The number of benzene rings is 1. The molecule has 5 heteroatoms. The van der Waals surface area contributed by atoms with Gasteiger partial charge in [-0.25, -0.2) is 4.39 Å². The molecule has 1 saturated carbocycles. The van der Waals surface area contributed by atoms with Gasteiger partial charge in [-0.1, -0.05) is 26.0 Å². The fourth-order valence-electron chi connectivity index (χ4n) is 2.45. The quantitative estimate of drug-likeness (QED) is 0.885. The van der Waals surface area contributed by atoms with Gasteiger partial charge in [0.25, 0.3) is 5.56 Å². The highest BCUT2D eigenvalue weighted by molar-refractivity contribution is 5.67. The number of nitrogens with one attached hydrogen (secondary N) is 1. The number of hydrogen-bond acceptors (Lipinski definition) is 3. The summed E-state index contributed by atoms with van der Waals surface area (Å²) in [5, 5.41) is 10.0. The standard InChI is InChI=1S/C15H15FN2O2/c1-15(2)7-10(15)12-17-13(19)11(14(20)18-12)8-3-5-9(16)6-4-8/h3-6,10H,7H2,1-2H3,(H2,17,18,19,20). The summed E-state index contributed by atoms with van der Waals surface area (Å²) in [5.74, 6) is -0.0150. The first-order valence-electron chi connectivity index (χ1n) is 6.47. The molecule has 20 heavy (non-hydrogen) atoms. The van der Waals surface area contributed by atoms with Crippen LogP contribution in [0.1, 0.15) is 32.0 Å². The van der Waals surface area contributed by atoms with Gasteiger partial charge in [0.1, 0.15) is 17.2 Å². The molecule has 104 valence electrons. The zero-order valence-corrected chi connectivity index (χ0v) is 11.3. The number of hydrogen-bond donors (Lipinski definition) is 2. The summed E-state index contributed by atoms with van der Waals surface area (Å²) < 4.78 is 12.9. The third kappa shape index (κ3) is 2.09. The summed E-state index contributed by atoms with van der Waals surface area (Å²) >= 11 is 0. The predicted molar refractivity (Wildman–Crippen MR) is 73.1 cm³/mol. The Morgan fingerprint density at radius 1 is 1.35 bits per heavy atom. The average molecular weight is 274 g/mol. The van der Waals surface area contributed by atoms with Crippen LogP contribution in [0.2, 0.25) is 0 Å². The van der Waals surface area contributed by atoms with Crippen molar-refractivity contribution < 1.29 is 9.50 Å².